The Kier molecular flexibility index (Phi) is 5.48. The van der Waals surface area contributed by atoms with Crippen LogP contribution in [0.25, 0.3) is 0 Å². The van der Waals surface area contributed by atoms with Crippen LogP contribution in [-0.4, -0.2) is 37.0 Å². The van der Waals surface area contributed by atoms with Gasteiger partial charge in [-0.15, -0.1) is 0 Å². The number of benzene rings is 1. The Hall–Kier alpha value is -1.26. The summed E-state index contributed by atoms with van der Waals surface area (Å²) in [6.45, 7) is 1.08. The molecule has 1 unspecified atom stereocenters. The van der Waals surface area contributed by atoms with Gasteiger partial charge in [0.05, 0.1) is 19.4 Å². The van der Waals surface area contributed by atoms with Gasteiger partial charge in [0.1, 0.15) is 0 Å². The van der Waals surface area contributed by atoms with Crippen molar-refractivity contribution in [2.24, 2.45) is 5.92 Å². The minimum absolute atomic E-state index is 0.0260. The highest BCUT2D eigenvalue weighted by Gasteiger charge is 2.28. The standard InChI is InChI=1S/C15H17Cl2NO3/c1-21-15(20)11-3-2-4-18(9-11)14(19)7-10-5-12(16)8-13(17)6-10/h5-6,8,11H,2-4,7,9H2,1H3. The molecule has 0 spiro atoms. The van der Waals surface area contributed by atoms with Gasteiger partial charge in [-0.25, -0.2) is 0 Å². The summed E-state index contributed by atoms with van der Waals surface area (Å²) in [6.07, 6.45) is 1.80. The van der Waals surface area contributed by atoms with E-state index < -0.39 is 0 Å². The summed E-state index contributed by atoms with van der Waals surface area (Å²) in [6, 6.07) is 5.09. The molecular weight excluding hydrogens is 313 g/mol. The molecule has 0 aliphatic carbocycles. The maximum absolute atomic E-state index is 12.3. The number of esters is 1. The van der Waals surface area contributed by atoms with Gasteiger partial charge >= 0.3 is 5.97 Å². The molecule has 4 nitrogen and oxygen atoms in total. The van der Waals surface area contributed by atoms with Crippen LogP contribution in [0.3, 0.4) is 0 Å². The van der Waals surface area contributed by atoms with Gasteiger partial charge in [-0.1, -0.05) is 23.2 Å². The van der Waals surface area contributed by atoms with Gasteiger partial charge < -0.3 is 9.64 Å². The topological polar surface area (TPSA) is 46.6 Å². The van der Waals surface area contributed by atoms with Crippen LogP contribution >= 0.6 is 23.2 Å². The smallest absolute Gasteiger partial charge is 0.310 e. The Morgan fingerprint density at radius 3 is 2.57 bits per heavy atom. The number of likely N-dealkylation sites (tertiary alicyclic amines) is 1. The molecule has 1 aliphatic heterocycles. The highest BCUT2D eigenvalue weighted by atomic mass is 35.5. The van der Waals surface area contributed by atoms with E-state index in [9.17, 15) is 9.59 Å². The molecule has 0 radical (unpaired) electrons. The molecule has 0 N–H and O–H groups in total. The first-order valence-electron chi connectivity index (χ1n) is 6.80. The van der Waals surface area contributed by atoms with Gasteiger partial charge in [0.15, 0.2) is 0 Å². The van der Waals surface area contributed by atoms with E-state index in [1.165, 1.54) is 7.11 Å². The second-order valence-corrected chi connectivity index (χ2v) is 6.03. The minimum Gasteiger partial charge on any atom is -0.469 e. The van der Waals surface area contributed by atoms with E-state index in [-0.39, 0.29) is 24.2 Å². The molecule has 1 fully saturated rings. The number of hydrogen-bond acceptors (Lipinski definition) is 3. The van der Waals surface area contributed by atoms with E-state index >= 15 is 0 Å². The Labute approximate surface area is 134 Å². The zero-order chi connectivity index (χ0) is 15.4. The van der Waals surface area contributed by atoms with Crippen molar-refractivity contribution >= 4 is 35.1 Å². The average molecular weight is 330 g/mol. The summed E-state index contributed by atoms with van der Waals surface area (Å²) in [5, 5.41) is 1.02. The summed E-state index contributed by atoms with van der Waals surface area (Å²) in [5.41, 5.74) is 0.776. The van der Waals surface area contributed by atoms with Gasteiger partial charge in [-0.3, -0.25) is 9.59 Å². The van der Waals surface area contributed by atoms with Gasteiger partial charge in [0.25, 0.3) is 0 Å². The van der Waals surface area contributed by atoms with E-state index in [1.807, 2.05) is 0 Å². The molecule has 1 saturated heterocycles. The first-order valence-corrected chi connectivity index (χ1v) is 7.55. The third-order valence-corrected chi connectivity index (χ3v) is 4.02. The van der Waals surface area contributed by atoms with E-state index in [2.05, 4.69) is 0 Å². The number of ether oxygens (including phenoxy) is 1. The predicted octanol–water partition coefficient (Wildman–Crippen LogP) is 2.95. The van der Waals surface area contributed by atoms with Crippen LogP contribution in [0.1, 0.15) is 18.4 Å². The Morgan fingerprint density at radius 2 is 1.95 bits per heavy atom. The van der Waals surface area contributed by atoms with Crippen LogP contribution in [-0.2, 0) is 20.7 Å². The van der Waals surface area contributed by atoms with Crippen LogP contribution in [0, 0.1) is 5.92 Å². The van der Waals surface area contributed by atoms with Crippen LogP contribution in [0.5, 0.6) is 0 Å². The number of carbonyl (C=O) groups is 2. The van der Waals surface area contributed by atoms with Crippen molar-refractivity contribution in [3.63, 3.8) is 0 Å². The summed E-state index contributed by atoms with van der Waals surface area (Å²) < 4.78 is 4.76. The number of halogens is 2. The number of nitrogens with zero attached hydrogens (tertiary/aromatic N) is 1. The fourth-order valence-corrected chi connectivity index (χ4v) is 3.13. The van der Waals surface area contributed by atoms with Crippen molar-refractivity contribution in [1.29, 1.82) is 0 Å². The highest BCUT2D eigenvalue weighted by Crippen LogP contribution is 2.22. The Bertz CT molecular complexity index is 527. The zero-order valence-corrected chi connectivity index (χ0v) is 13.3. The van der Waals surface area contributed by atoms with E-state index in [0.29, 0.717) is 23.1 Å². The lowest BCUT2D eigenvalue weighted by atomic mass is 9.97. The summed E-state index contributed by atoms with van der Waals surface area (Å²) in [4.78, 5) is 25.6. The lowest BCUT2D eigenvalue weighted by molar-refractivity contribution is -0.148. The van der Waals surface area contributed by atoms with E-state index in [4.69, 9.17) is 27.9 Å². The fraction of sp³-hybridized carbons (Fsp3) is 0.467. The summed E-state index contributed by atoms with van der Waals surface area (Å²) in [5.74, 6) is -0.504. The van der Waals surface area contributed by atoms with Crippen molar-refractivity contribution in [3.05, 3.63) is 33.8 Å². The first kappa shape index (κ1) is 16.1. The van der Waals surface area contributed by atoms with Gasteiger partial charge in [0, 0.05) is 23.1 Å². The monoisotopic (exact) mass is 329 g/mol. The van der Waals surface area contributed by atoms with Crippen LogP contribution < -0.4 is 0 Å². The second kappa shape index (κ2) is 7.14. The van der Waals surface area contributed by atoms with E-state index in [0.717, 1.165) is 18.4 Å². The van der Waals surface area contributed by atoms with Gasteiger partial charge in [-0.05, 0) is 36.6 Å². The Morgan fingerprint density at radius 1 is 1.29 bits per heavy atom. The molecule has 0 bridgehead atoms. The van der Waals surface area contributed by atoms with Crippen molar-refractivity contribution < 1.29 is 14.3 Å². The fourth-order valence-electron chi connectivity index (χ4n) is 2.56. The molecule has 21 heavy (non-hydrogen) atoms. The van der Waals surface area contributed by atoms with Gasteiger partial charge in [0.2, 0.25) is 5.91 Å². The van der Waals surface area contributed by atoms with Gasteiger partial charge in [-0.2, -0.15) is 0 Å². The molecular formula is C15H17Cl2NO3. The third-order valence-electron chi connectivity index (χ3n) is 3.59. The summed E-state index contributed by atoms with van der Waals surface area (Å²) >= 11 is 11.9. The number of carbonyl (C=O) groups excluding carboxylic acids is 2. The number of amides is 1. The highest BCUT2D eigenvalue weighted by molar-refractivity contribution is 6.34. The first-order chi connectivity index (χ1) is 9.99. The lowest BCUT2D eigenvalue weighted by Crippen LogP contribution is -2.43. The molecule has 1 amide bonds. The minimum atomic E-state index is -0.252. The molecule has 1 heterocycles. The Balaban J connectivity index is 2.01. The molecule has 2 rings (SSSR count). The number of hydrogen-bond donors (Lipinski definition) is 0. The van der Waals surface area contributed by atoms with Crippen molar-refractivity contribution in [2.45, 2.75) is 19.3 Å². The van der Waals surface area contributed by atoms with Crippen LogP contribution in [0.4, 0.5) is 0 Å². The van der Waals surface area contributed by atoms with E-state index in [1.54, 1.807) is 23.1 Å². The predicted molar refractivity (Wildman–Crippen MR) is 81.5 cm³/mol. The number of piperidine rings is 1. The quantitative estimate of drug-likeness (QED) is 0.801. The largest absolute Gasteiger partial charge is 0.469 e. The van der Waals surface area contributed by atoms with Crippen molar-refractivity contribution in [2.75, 3.05) is 20.2 Å². The molecule has 0 aromatic heterocycles. The maximum Gasteiger partial charge on any atom is 0.310 e. The molecule has 114 valence electrons. The van der Waals surface area contributed by atoms with Crippen molar-refractivity contribution in [1.82, 2.24) is 4.90 Å². The lowest BCUT2D eigenvalue weighted by Gasteiger charge is -2.31. The van der Waals surface area contributed by atoms with Crippen LogP contribution in [0.2, 0.25) is 10.0 Å². The van der Waals surface area contributed by atoms with Crippen LogP contribution in [0.15, 0.2) is 18.2 Å². The molecule has 0 saturated carbocycles. The average Bonchev–Trinajstić information content (AvgIpc) is 2.45. The summed E-state index contributed by atoms with van der Waals surface area (Å²) in [7, 11) is 1.37. The molecule has 1 aliphatic rings. The number of rotatable bonds is 3. The molecule has 1 atom stereocenters. The third kappa shape index (κ3) is 4.35. The normalized spacial score (nSPS) is 18.4. The molecule has 1 aromatic rings. The zero-order valence-electron chi connectivity index (χ0n) is 11.8. The maximum atomic E-state index is 12.3. The molecule has 1 aromatic carbocycles. The molecule has 6 heteroatoms. The second-order valence-electron chi connectivity index (χ2n) is 5.16. The SMILES string of the molecule is COC(=O)C1CCCN(C(=O)Cc2cc(Cl)cc(Cl)c2)C1. The van der Waals surface area contributed by atoms with Crippen molar-refractivity contribution in [3.8, 4) is 0 Å². The number of methoxy groups -OCH3 is 1.